The highest BCUT2D eigenvalue weighted by atomic mass is 19.4. The summed E-state index contributed by atoms with van der Waals surface area (Å²) < 4.78 is 52.2. The molecule has 2 amide bonds. The van der Waals surface area contributed by atoms with Crippen LogP contribution in [0.4, 0.5) is 18.9 Å². The minimum Gasteiger partial charge on any atom is -0.494 e. The molecule has 2 aromatic carbocycles. The van der Waals surface area contributed by atoms with Gasteiger partial charge in [-0.15, -0.1) is 13.2 Å². The fourth-order valence-corrected chi connectivity index (χ4v) is 3.20. The summed E-state index contributed by atoms with van der Waals surface area (Å²) in [6.07, 6.45) is -4.03. The first kappa shape index (κ1) is 24.1. The lowest BCUT2D eigenvalue weighted by atomic mass is 10.0. The van der Waals surface area contributed by atoms with E-state index in [0.717, 1.165) is 23.5 Å². The van der Waals surface area contributed by atoms with Crippen LogP contribution in [0.1, 0.15) is 18.9 Å². The Morgan fingerprint density at radius 1 is 0.970 bits per heavy atom. The van der Waals surface area contributed by atoms with Crippen LogP contribution in [0.25, 0.3) is 5.57 Å². The van der Waals surface area contributed by atoms with Gasteiger partial charge in [0.05, 0.1) is 25.3 Å². The lowest BCUT2D eigenvalue weighted by Gasteiger charge is -2.15. The van der Waals surface area contributed by atoms with Crippen molar-refractivity contribution in [1.29, 1.82) is 0 Å². The molecular weight excluding hydrogens is 441 g/mol. The van der Waals surface area contributed by atoms with E-state index in [1.54, 1.807) is 24.3 Å². The van der Waals surface area contributed by atoms with Crippen molar-refractivity contribution in [2.45, 2.75) is 19.7 Å². The number of ether oxygens (including phenoxy) is 3. The van der Waals surface area contributed by atoms with Crippen LogP contribution in [0.15, 0.2) is 54.2 Å². The molecule has 1 N–H and O–H groups in total. The Morgan fingerprint density at radius 3 is 2.33 bits per heavy atom. The van der Waals surface area contributed by atoms with Crippen LogP contribution < -0.4 is 14.8 Å². The van der Waals surface area contributed by atoms with Crippen molar-refractivity contribution in [3.63, 3.8) is 0 Å². The molecule has 1 heterocycles. The zero-order valence-electron chi connectivity index (χ0n) is 18.1. The lowest BCUT2D eigenvalue weighted by molar-refractivity contribution is -0.274. The Bertz CT molecular complexity index is 1040. The molecule has 1 aliphatic heterocycles. The van der Waals surface area contributed by atoms with Gasteiger partial charge < -0.3 is 19.5 Å². The fraction of sp³-hybridized carbons (Fsp3) is 0.304. The molecule has 10 heteroatoms. The zero-order chi connectivity index (χ0) is 24.0. The van der Waals surface area contributed by atoms with Crippen molar-refractivity contribution in [3.8, 4) is 11.5 Å². The third-order valence-electron chi connectivity index (χ3n) is 4.64. The van der Waals surface area contributed by atoms with E-state index >= 15 is 0 Å². The largest absolute Gasteiger partial charge is 0.573 e. The van der Waals surface area contributed by atoms with Gasteiger partial charge in [0.2, 0.25) is 0 Å². The molecule has 0 aromatic heterocycles. The van der Waals surface area contributed by atoms with Gasteiger partial charge in [0, 0.05) is 18.9 Å². The number of alkyl halides is 3. The molecule has 1 aliphatic rings. The van der Waals surface area contributed by atoms with Crippen LogP contribution in [0, 0.1) is 0 Å². The maximum absolute atomic E-state index is 13.1. The number of halogens is 3. The molecule has 33 heavy (non-hydrogen) atoms. The number of methoxy groups -OCH3 is 1. The topological polar surface area (TPSA) is 77.1 Å². The molecule has 2 aromatic rings. The van der Waals surface area contributed by atoms with Gasteiger partial charge in [-0.25, -0.2) is 0 Å². The number of carbonyl (C=O) groups is 2. The average molecular weight is 464 g/mol. The van der Waals surface area contributed by atoms with Crippen LogP contribution >= 0.6 is 0 Å². The van der Waals surface area contributed by atoms with Crippen molar-refractivity contribution in [1.82, 2.24) is 4.90 Å². The molecule has 0 radical (unpaired) electrons. The predicted molar refractivity (Wildman–Crippen MR) is 114 cm³/mol. The number of nitrogens with one attached hydrogen (secondary N) is 1. The van der Waals surface area contributed by atoms with E-state index in [9.17, 15) is 22.8 Å². The molecule has 0 bridgehead atoms. The first-order valence-electron chi connectivity index (χ1n) is 10.2. The van der Waals surface area contributed by atoms with E-state index in [0.29, 0.717) is 17.9 Å². The normalized spacial score (nSPS) is 14.2. The third kappa shape index (κ3) is 6.04. The molecule has 0 aliphatic carbocycles. The molecule has 0 fully saturated rings. The number of rotatable bonds is 10. The minimum absolute atomic E-state index is 0.0256. The summed E-state index contributed by atoms with van der Waals surface area (Å²) in [5, 5.41) is 2.80. The van der Waals surface area contributed by atoms with Crippen LogP contribution in [-0.2, 0) is 14.3 Å². The molecule has 0 atom stereocenters. The van der Waals surface area contributed by atoms with Crippen molar-refractivity contribution < 1.29 is 37.0 Å². The van der Waals surface area contributed by atoms with Gasteiger partial charge in [-0.1, -0.05) is 25.1 Å². The summed E-state index contributed by atoms with van der Waals surface area (Å²) in [5.41, 5.74) is 0.659. The summed E-state index contributed by atoms with van der Waals surface area (Å²) in [4.78, 5) is 27.1. The van der Waals surface area contributed by atoms with E-state index in [2.05, 4.69) is 10.1 Å². The molecular formula is C23H23F3N2O5. The second-order valence-corrected chi connectivity index (χ2v) is 7.08. The van der Waals surface area contributed by atoms with Gasteiger partial charge in [-0.3, -0.25) is 14.5 Å². The third-order valence-corrected chi connectivity index (χ3v) is 4.64. The van der Waals surface area contributed by atoms with Gasteiger partial charge in [0.1, 0.15) is 17.2 Å². The lowest BCUT2D eigenvalue weighted by Crippen LogP contribution is -2.35. The SMILES string of the molecule is CCCOc1ccc(C2=C(Nc3cccc(OC(F)(F)F)c3)C(=O)N(CCOC)C2=O)cc1. The van der Waals surface area contributed by atoms with E-state index in [1.165, 1.54) is 19.2 Å². The molecule has 7 nitrogen and oxygen atoms in total. The average Bonchev–Trinajstić information content (AvgIpc) is 2.99. The number of imide groups is 1. The van der Waals surface area contributed by atoms with Crippen LogP contribution in [0.2, 0.25) is 0 Å². The van der Waals surface area contributed by atoms with Crippen molar-refractivity contribution in [3.05, 3.63) is 59.8 Å². The van der Waals surface area contributed by atoms with Crippen molar-refractivity contribution in [2.75, 3.05) is 32.2 Å². The second kappa shape index (κ2) is 10.4. The highest BCUT2D eigenvalue weighted by molar-refractivity contribution is 6.36. The number of nitrogens with zero attached hydrogens (tertiary/aromatic N) is 1. The number of amides is 2. The van der Waals surface area contributed by atoms with Gasteiger partial charge in [0.25, 0.3) is 11.8 Å². The Balaban J connectivity index is 1.96. The van der Waals surface area contributed by atoms with E-state index in [4.69, 9.17) is 9.47 Å². The Hall–Kier alpha value is -3.53. The number of hydrogen-bond acceptors (Lipinski definition) is 6. The maximum atomic E-state index is 13.1. The van der Waals surface area contributed by atoms with Crippen LogP contribution in [-0.4, -0.2) is 49.9 Å². The zero-order valence-corrected chi connectivity index (χ0v) is 18.1. The quantitative estimate of drug-likeness (QED) is 0.531. The van der Waals surface area contributed by atoms with Crippen LogP contribution in [0.3, 0.4) is 0 Å². The smallest absolute Gasteiger partial charge is 0.494 e. The monoisotopic (exact) mass is 464 g/mol. The molecule has 0 saturated heterocycles. The highest BCUT2D eigenvalue weighted by Gasteiger charge is 2.39. The molecule has 0 spiro atoms. The fourth-order valence-electron chi connectivity index (χ4n) is 3.20. The summed E-state index contributed by atoms with van der Waals surface area (Å²) in [6.45, 7) is 2.67. The minimum atomic E-state index is -4.86. The summed E-state index contributed by atoms with van der Waals surface area (Å²) in [6, 6.07) is 11.7. The standard InChI is InChI=1S/C23H23F3N2O5/c1-3-12-32-17-9-7-15(8-10-17)19-20(22(30)28(21(19)29)11-13-31-2)27-16-5-4-6-18(14-16)33-23(24,25)26/h4-10,14,27H,3,11-13H2,1-2H3. The Morgan fingerprint density at radius 2 is 1.70 bits per heavy atom. The second-order valence-electron chi connectivity index (χ2n) is 7.08. The van der Waals surface area contributed by atoms with E-state index in [-0.39, 0.29) is 30.1 Å². The van der Waals surface area contributed by atoms with Gasteiger partial charge >= 0.3 is 6.36 Å². The predicted octanol–water partition coefficient (Wildman–Crippen LogP) is 4.21. The number of carbonyl (C=O) groups excluding carboxylic acids is 2. The first-order chi connectivity index (χ1) is 15.7. The number of benzene rings is 2. The van der Waals surface area contributed by atoms with Gasteiger partial charge in [-0.2, -0.15) is 0 Å². The molecule has 0 saturated carbocycles. The molecule has 176 valence electrons. The summed E-state index contributed by atoms with van der Waals surface area (Å²) in [5.74, 6) is -0.995. The number of hydrogen-bond donors (Lipinski definition) is 1. The molecule has 0 unspecified atom stereocenters. The summed E-state index contributed by atoms with van der Waals surface area (Å²) in [7, 11) is 1.44. The Labute approximate surface area is 188 Å². The first-order valence-corrected chi connectivity index (χ1v) is 10.2. The Kier molecular flexibility index (Phi) is 7.59. The van der Waals surface area contributed by atoms with Crippen molar-refractivity contribution in [2.24, 2.45) is 0 Å². The maximum Gasteiger partial charge on any atom is 0.573 e. The van der Waals surface area contributed by atoms with Gasteiger partial charge in [-0.05, 0) is 36.2 Å². The van der Waals surface area contributed by atoms with Crippen molar-refractivity contribution >= 4 is 23.1 Å². The van der Waals surface area contributed by atoms with E-state index < -0.39 is 23.9 Å². The molecule has 3 rings (SSSR count). The van der Waals surface area contributed by atoms with Gasteiger partial charge in [0.15, 0.2) is 0 Å². The van der Waals surface area contributed by atoms with E-state index in [1.807, 2.05) is 6.92 Å². The van der Waals surface area contributed by atoms with Crippen LogP contribution in [0.5, 0.6) is 11.5 Å². The number of anilines is 1. The summed E-state index contributed by atoms with van der Waals surface area (Å²) >= 11 is 0. The highest BCUT2D eigenvalue weighted by Crippen LogP contribution is 2.32.